The van der Waals surface area contributed by atoms with Crippen LogP contribution in [0.2, 0.25) is 0 Å². The zero-order valence-electron chi connectivity index (χ0n) is 17.4. The molecule has 0 aliphatic carbocycles. The molecule has 158 valence electrons. The van der Waals surface area contributed by atoms with E-state index >= 15 is 0 Å². The molecule has 30 heavy (non-hydrogen) atoms. The van der Waals surface area contributed by atoms with Crippen LogP contribution in [0.15, 0.2) is 65.3 Å². The van der Waals surface area contributed by atoms with Gasteiger partial charge in [-0.15, -0.1) is 0 Å². The molecule has 0 aliphatic heterocycles. The highest BCUT2D eigenvalue weighted by Crippen LogP contribution is 2.25. The highest BCUT2D eigenvalue weighted by Gasteiger charge is 2.06. The van der Waals surface area contributed by atoms with Crippen molar-refractivity contribution in [2.75, 3.05) is 36.9 Å². The van der Waals surface area contributed by atoms with Crippen LogP contribution in [-0.4, -0.2) is 41.1 Å². The van der Waals surface area contributed by atoms with Crippen molar-refractivity contribution in [3.8, 4) is 0 Å². The lowest BCUT2D eigenvalue weighted by Crippen LogP contribution is -2.26. The first-order chi connectivity index (χ1) is 14.7. The fourth-order valence-corrected chi connectivity index (χ4v) is 3.20. The molecule has 3 aromatic rings. The normalized spacial score (nSPS) is 10.9. The summed E-state index contributed by atoms with van der Waals surface area (Å²) in [7, 11) is 0. The third-order valence-corrected chi connectivity index (χ3v) is 5.29. The van der Waals surface area contributed by atoms with E-state index in [1.54, 1.807) is 6.20 Å². The Kier molecular flexibility index (Phi) is 8.62. The smallest absolute Gasteiger partial charge is 0.229 e. The van der Waals surface area contributed by atoms with Crippen LogP contribution in [0.5, 0.6) is 0 Å². The first kappa shape index (κ1) is 22.2. The van der Waals surface area contributed by atoms with Crippen LogP contribution in [0.1, 0.15) is 19.4 Å². The van der Waals surface area contributed by atoms with E-state index in [0.717, 1.165) is 47.7 Å². The number of para-hydroxylation sites is 1. The number of nitrogens with zero attached hydrogens (tertiary/aromatic N) is 3. The van der Waals surface area contributed by atoms with E-state index in [1.807, 2.05) is 42.5 Å². The highest BCUT2D eigenvalue weighted by molar-refractivity contribution is 9.10. The molecule has 3 rings (SSSR count). The topological polar surface area (TPSA) is 62.3 Å². The predicted molar refractivity (Wildman–Crippen MR) is 127 cm³/mol. The molecule has 0 saturated heterocycles. The number of likely N-dealkylation sites (N-methyl/N-ethyl adjacent to an activating group) is 1. The van der Waals surface area contributed by atoms with Crippen molar-refractivity contribution in [3.63, 3.8) is 0 Å². The van der Waals surface area contributed by atoms with Crippen molar-refractivity contribution in [3.05, 3.63) is 70.8 Å². The molecule has 1 aromatic heterocycles. The maximum Gasteiger partial charge on any atom is 0.229 e. The number of anilines is 4. The Morgan fingerprint density at radius 3 is 2.33 bits per heavy atom. The van der Waals surface area contributed by atoms with E-state index in [0.29, 0.717) is 18.4 Å². The van der Waals surface area contributed by atoms with Crippen LogP contribution >= 0.6 is 15.9 Å². The molecule has 1 heterocycles. The maximum atomic E-state index is 5.80. The monoisotopic (exact) mass is 469 g/mol. The fourth-order valence-electron chi connectivity index (χ4n) is 2.91. The third kappa shape index (κ3) is 6.79. The summed E-state index contributed by atoms with van der Waals surface area (Å²) in [6.45, 7) is 8.78. The Labute approximate surface area is 186 Å². The van der Waals surface area contributed by atoms with Gasteiger partial charge in [-0.25, -0.2) is 4.98 Å². The molecule has 0 unspecified atom stereocenters. The standard InChI is InChI=1S/C23H28BrN5O/c1-3-29(4-2)14-15-30-17-18-10-12-20(13-11-18)27-23-25-16-21(24)22(28-23)26-19-8-6-5-7-9-19/h5-13,16H,3-4,14-15,17H2,1-2H3,(H2,25,26,27,28). The van der Waals surface area contributed by atoms with Crippen molar-refractivity contribution >= 4 is 39.1 Å². The number of aromatic nitrogens is 2. The van der Waals surface area contributed by atoms with Gasteiger partial charge in [0.15, 0.2) is 0 Å². The number of rotatable bonds is 11. The summed E-state index contributed by atoms with van der Waals surface area (Å²) in [5, 5.41) is 6.55. The Bertz CT molecular complexity index is 901. The fraction of sp³-hybridized carbons (Fsp3) is 0.304. The van der Waals surface area contributed by atoms with Gasteiger partial charge in [0.2, 0.25) is 5.95 Å². The summed E-state index contributed by atoms with van der Waals surface area (Å²) in [5.74, 6) is 1.23. The van der Waals surface area contributed by atoms with Crippen LogP contribution in [0.3, 0.4) is 0 Å². The minimum absolute atomic E-state index is 0.528. The molecule has 0 bridgehead atoms. The molecule has 7 heteroatoms. The predicted octanol–water partition coefficient (Wildman–Crippen LogP) is 5.58. The van der Waals surface area contributed by atoms with Crippen LogP contribution in [0.4, 0.5) is 23.1 Å². The number of nitrogens with one attached hydrogen (secondary N) is 2. The van der Waals surface area contributed by atoms with E-state index < -0.39 is 0 Å². The summed E-state index contributed by atoms with van der Waals surface area (Å²) in [6.07, 6.45) is 1.73. The second-order valence-corrected chi connectivity index (χ2v) is 7.64. The Hall–Kier alpha value is -2.48. The minimum Gasteiger partial charge on any atom is -0.375 e. The number of hydrogen-bond acceptors (Lipinski definition) is 6. The van der Waals surface area contributed by atoms with Crippen molar-refractivity contribution in [2.24, 2.45) is 0 Å². The van der Waals surface area contributed by atoms with E-state index in [4.69, 9.17) is 4.74 Å². The van der Waals surface area contributed by atoms with Crippen molar-refractivity contribution in [1.82, 2.24) is 14.9 Å². The molecule has 2 N–H and O–H groups in total. The van der Waals surface area contributed by atoms with Crippen molar-refractivity contribution < 1.29 is 4.74 Å². The second kappa shape index (κ2) is 11.6. The molecule has 0 aliphatic rings. The summed E-state index contributed by atoms with van der Waals surface area (Å²) in [6, 6.07) is 18.1. The summed E-state index contributed by atoms with van der Waals surface area (Å²) >= 11 is 3.50. The number of hydrogen-bond donors (Lipinski definition) is 2. The number of benzene rings is 2. The first-order valence-electron chi connectivity index (χ1n) is 10.2. The second-order valence-electron chi connectivity index (χ2n) is 6.78. The van der Waals surface area contributed by atoms with Crippen LogP contribution in [-0.2, 0) is 11.3 Å². The average Bonchev–Trinajstić information content (AvgIpc) is 2.78. The summed E-state index contributed by atoms with van der Waals surface area (Å²) < 4.78 is 6.60. The van der Waals surface area contributed by atoms with Gasteiger partial charge in [0, 0.05) is 24.1 Å². The zero-order chi connectivity index (χ0) is 21.2. The largest absolute Gasteiger partial charge is 0.375 e. The molecule has 0 radical (unpaired) electrons. The Morgan fingerprint density at radius 1 is 0.933 bits per heavy atom. The molecule has 2 aromatic carbocycles. The van der Waals surface area contributed by atoms with Gasteiger partial charge in [-0.1, -0.05) is 44.2 Å². The number of halogens is 1. The molecule has 0 saturated carbocycles. The average molecular weight is 470 g/mol. The van der Waals surface area contributed by atoms with Crippen LogP contribution in [0, 0.1) is 0 Å². The van der Waals surface area contributed by atoms with Crippen LogP contribution < -0.4 is 10.6 Å². The van der Waals surface area contributed by atoms with Crippen molar-refractivity contribution in [2.45, 2.75) is 20.5 Å². The molecule has 0 spiro atoms. The lowest BCUT2D eigenvalue weighted by Gasteiger charge is -2.17. The van der Waals surface area contributed by atoms with Gasteiger partial charge in [0.1, 0.15) is 5.82 Å². The minimum atomic E-state index is 0.528. The molecular weight excluding hydrogens is 442 g/mol. The SMILES string of the molecule is CCN(CC)CCOCc1ccc(Nc2ncc(Br)c(Nc3ccccc3)n2)cc1. The van der Waals surface area contributed by atoms with Crippen LogP contribution in [0.25, 0.3) is 0 Å². The number of ether oxygens (including phenoxy) is 1. The van der Waals surface area contributed by atoms with Gasteiger partial charge in [0.25, 0.3) is 0 Å². The van der Waals surface area contributed by atoms with Gasteiger partial charge in [-0.05, 0) is 58.8 Å². The van der Waals surface area contributed by atoms with Gasteiger partial charge < -0.3 is 20.3 Å². The summed E-state index contributed by atoms with van der Waals surface area (Å²) in [5.41, 5.74) is 3.03. The van der Waals surface area contributed by atoms with E-state index in [-0.39, 0.29) is 0 Å². The molecular formula is C23H28BrN5O. The quantitative estimate of drug-likeness (QED) is 0.357. The lowest BCUT2D eigenvalue weighted by molar-refractivity contribution is 0.0956. The van der Waals surface area contributed by atoms with Gasteiger partial charge in [-0.2, -0.15) is 4.98 Å². The van der Waals surface area contributed by atoms with Crippen molar-refractivity contribution in [1.29, 1.82) is 0 Å². The Morgan fingerprint density at radius 2 is 1.63 bits per heavy atom. The molecule has 0 amide bonds. The van der Waals surface area contributed by atoms with Gasteiger partial charge >= 0.3 is 0 Å². The molecule has 0 atom stereocenters. The first-order valence-corrected chi connectivity index (χ1v) is 11.0. The maximum absolute atomic E-state index is 5.80. The third-order valence-electron chi connectivity index (χ3n) is 4.71. The van der Waals surface area contributed by atoms with E-state index in [9.17, 15) is 0 Å². The zero-order valence-corrected chi connectivity index (χ0v) is 19.0. The highest BCUT2D eigenvalue weighted by atomic mass is 79.9. The summed E-state index contributed by atoms with van der Waals surface area (Å²) in [4.78, 5) is 11.3. The molecule has 6 nitrogen and oxygen atoms in total. The van der Waals surface area contributed by atoms with E-state index in [1.165, 1.54) is 0 Å². The Balaban J connectivity index is 1.54. The van der Waals surface area contributed by atoms with Gasteiger partial charge in [-0.3, -0.25) is 0 Å². The lowest BCUT2D eigenvalue weighted by atomic mass is 10.2. The van der Waals surface area contributed by atoms with Gasteiger partial charge in [0.05, 0.1) is 17.7 Å². The molecule has 0 fully saturated rings. The van der Waals surface area contributed by atoms with E-state index in [2.05, 4.69) is 67.4 Å².